The summed E-state index contributed by atoms with van der Waals surface area (Å²) in [7, 11) is 1.66. The third-order valence-corrected chi connectivity index (χ3v) is 5.50. The zero-order chi connectivity index (χ0) is 23.0. The number of nitrogens with zero attached hydrogens (tertiary/aromatic N) is 3. The summed E-state index contributed by atoms with van der Waals surface area (Å²) in [6, 6.07) is 6.06. The van der Waals surface area contributed by atoms with Gasteiger partial charge in [-0.05, 0) is 24.3 Å². The standard InChI is InChI=1S/C25H30N6O2/c1-18(29-21-15-19-5-3-4-6-22(19)28-17-21)9-10-27-25(26)30-20-7-8-23(24(16-20)32-2)31-11-13-33-14-12-31/h3-10,15-17,19,22,29H,1,11-14H2,2H3,(H3,26,27,30)/b10-9-. The largest absolute Gasteiger partial charge is 0.495 e. The molecule has 2 aliphatic heterocycles. The Morgan fingerprint density at radius 1 is 1.27 bits per heavy atom. The van der Waals surface area contributed by atoms with Gasteiger partial charge in [-0.1, -0.05) is 30.9 Å². The molecule has 0 bridgehead atoms. The van der Waals surface area contributed by atoms with Gasteiger partial charge in [0, 0.05) is 48.9 Å². The minimum Gasteiger partial charge on any atom is -0.495 e. The van der Waals surface area contributed by atoms with Gasteiger partial charge < -0.3 is 30.7 Å². The summed E-state index contributed by atoms with van der Waals surface area (Å²) in [6.07, 6.45) is 15.6. The lowest BCUT2D eigenvalue weighted by molar-refractivity contribution is 0.122. The number of nitrogens with two attached hydrogens (primary N) is 1. The first-order valence-corrected chi connectivity index (χ1v) is 11.0. The second-order valence-corrected chi connectivity index (χ2v) is 7.83. The number of anilines is 2. The lowest BCUT2D eigenvalue weighted by Gasteiger charge is -2.30. The molecular formula is C25H30N6O2. The van der Waals surface area contributed by atoms with E-state index < -0.39 is 0 Å². The second-order valence-electron chi connectivity index (χ2n) is 7.83. The number of dihydropyridines is 1. The lowest BCUT2D eigenvalue weighted by atomic mass is 9.93. The van der Waals surface area contributed by atoms with Gasteiger partial charge in [0.1, 0.15) is 5.75 Å². The Hall–Kier alpha value is -3.78. The zero-order valence-electron chi connectivity index (χ0n) is 18.8. The van der Waals surface area contributed by atoms with Crippen LogP contribution in [-0.2, 0) is 4.74 Å². The predicted molar refractivity (Wildman–Crippen MR) is 135 cm³/mol. The van der Waals surface area contributed by atoms with Crippen LogP contribution in [0.1, 0.15) is 0 Å². The molecular weight excluding hydrogens is 416 g/mol. The van der Waals surface area contributed by atoms with Gasteiger partial charge in [0.05, 0.1) is 37.7 Å². The summed E-state index contributed by atoms with van der Waals surface area (Å²) < 4.78 is 11.0. The fourth-order valence-electron chi connectivity index (χ4n) is 3.84. The van der Waals surface area contributed by atoms with Crippen molar-refractivity contribution in [3.8, 4) is 5.75 Å². The molecule has 1 saturated heterocycles. The van der Waals surface area contributed by atoms with Crippen molar-refractivity contribution in [2.75, 3.05) is 43.6 Å². The Morgan fingerprint density at radius 3 is 2.91 bits per heavy atom. The molecule has 4 rings (SSSR count). The molecule has 1 fully saturated rings. The Bertz CT molecular complexity index is 1050. The van der Waals surface area contributed by atoms with E-state index >= 15 is 0 Å². The molecule has 1 aromatic carbocycles. The monoisotopic (exact) mass is 446 g/mol. The molecule has 1 aliphatic carbocycles. The Morgan fingerprint density at radius 2 is 2.09 bits per heavy atom. The van der Waals surface area contributed by atoms with Crippen LogP contribution in [0, 0.1) is 5.92 Å². The fraction of sp³-hybridized carbons (Fsp3) is 0.280. The first-order chi connectivity index (χ1) is 16.1. The number of guanidine groups is 1. The molecule has 1 aromatic rings. The van der Waals surface area contributed by atoms with Crippen molar-refractivity contribution in [1.82, 2.24) is 5.32 Å². The van der Waals surface area contributed by atoms with Crippen molar-refractivity contribution in [2.45, 2.75) is 6.04 Å². The highest BCUT2D eigenvalue weighted by molar-refractivity contribution is 5.93. The zero-order valence-corrected chi connectivity index (χ0v) is 18.8. The van der Waals surface area contributed by atoms with Gasteiger partial charge in [0.25, 0.3) is 0 Å². The summed E-state index contributed by atoms with van der Waals surface area (Å²) in [6.45, 7) is 7.13. The van der Waals surface area contributed by atoms with E-state index in [-0.39, 0.29) is 17.9 Å². The van der Waals surface area contributed by atoms with E-state index in [1.165, 1.54) is 0 Å². The van der Waals surface area contributed by atoms with E-state index in [0.29, 0.717) is 5.70 Å². The molecule has 3 aliphatic rings. The third-order valence-electron chi connectivity index (χ3n) is 5.50. The molecule has 0 aromatic heterocycles. The average molecular weight is 447 g/mol. The summed E-state index contributed by atoms with van der Waals surface area (Å²) in [5.41, 5.74) is 9.48. The molecule has 2 atom stereocenters. The predicted octanol–water partition coefficient (Wildman–Crippen LogP) is 2.95. The number of benzene rings is 1. The number of nitrogens with one attached hydrogen (secondary N) is 2. The molecule has 33 heavy (non-hydrogen) atoms. The van der Waals surface area contributed by atoms with Crippen molar-refractivity contribution in [3.05, 3.63) is 78.8 Å². The van der Waals surface area contributed by atoms with Crippen molar-refractivity contribution in [2.24, 2.45) is 21.6 Å². The van der Waals surface area contributed by atoms with E-state index in [9.17, 15) is 0 Å². The summed E-state index contributed by atoms with van der Waals surface area (Å²) in [5, 5.41) is 6.33. The van der Waals surface area contributed by atoms with E-state index in [4.69, 9.17) is 15.2 Å². The van der Waals surface area contributed by atoms with Crippen LogP contribution < -0.4 is 26.0 Å². The number of rotatable bonds is 7. The number of hydrogen-bond donors (Lipinski definition) is 3. The molecule has 0 saturated carbocycles. The minimum absolute atomic E-state index is 0.182. The maximum Gasteiger partial charge on any atom is 0.197 e. The number of fused-ring (bicyclic) bond motifs is 1. The Balaban J connectivity index is 1.32. The molecule has 172 valence electrons. The normalized spacial score (nSPS) is 22.2. The average Bonchev–Trinajstić information content (AvgIpc) is 2.84. The van der Waals surface area contributed by atoms with Gasteiger partial charge in [0.2, 0.25) is 0 Å². The first kappa shape index (κ1) is 22.4. The van der Waals surface area contributed by atoms with Crippen LogP contribution in [0.25, 0.3) is 0 Å². The maximum absolute atomic E-state index is 6.05. The summed E-state index contributed by atoms with van der Waals surface area (Å²) in [5.74, 6) is 1.31. The van der Waals surface area contributed by atoms with Crippen LogP contribution >= 0.6 is 0 Å². The van der Waals surface area contributed by atoms with Crippen molar-refractivity contribution in [1.29, 1.82) is 0 Å². The van der Waals surface area contributed by atoms with Crippen LogP contribution in [0.3, 0.4) is 0 Å². The molecule has 0 amide bonds. The molecule has 2 heterocycles. The van der Waals surface area contributed by atoms with Crippen LogP contribution in [0.2, 0.25) is 0 Å². The van der Waals surface area contributed by atoms with E-state index in [2.05, 4.69) is 50.3 Å². The van der Waals surface area contributed by atoms with Crippen LogP contribution in [0.15, 0.2) is 88.8 Å². The Labute approximate surface area is 194 Å². The third kappa shape index (κ3) is 5.93. The highest BCUT2D eigenvalue weighted by Crippen LogP contribution is 2.31. The smallest absolute Gasteiger partial charge is 0.197 e. The van der Waals surface area contributed by atoms with Gasteiger partial charge in [-0.25, -0.2) is 4.99 Å². The molecule has 8 heteroatoms. The second kappa shape index (κ2) is 10.7. The fourth-order valence-corrected chi connectivity index (χ4v) is 3.84. The number of aliphatic imine (C=N–C) groups is 2. The molecule has 0 radical (unpaired) electrons. The molecule has 0 spiro atoms. The van der Waals surface area contributed by atoms with E-state index in [1.54, 1.807) is 19.4 Å². The molecule has 2 unspecified atom stereocenters. The van der Waals surface area contributed by atoms with E-state index in [1.807, 2.05) is 36.6 Å². The summed E-state index contributed by atoms with van der Waals surface area (Å²) >= 11 is 0. The van der Waals surface area contributed by atoms with E-state index in [0.717, 1.165) is 49.1 Å². The van der Waals surface area contributed by atoms with Gasteiger partial charge in [-0.2, -0.15) is 0 Å². The molecule has 4 N–H and O–H groups in total. The van der Waals surface area contributed by atoms with Crippen LogP contribution in [0.5, 0.6) is 5.75 Å². The van der Waals surface area contributed by atoms with Gasteiger partial charge >= 0.3 is 0 Å². The first-order valence-electron chi connectivity index (χ1n) is 11.0. The van der Waals surface area contributed by atoms with Gasteiger partial charge in [-0.15, -0.1) is 0 Å². The number of methoxy groups -OCH3 is 1. The van der Waals surface area contributed by atoms with Crippen molar-refractivity contribution in [3.63, 3.8) is 0 Å². The number of allylic oxidation sites excluding steroid dienone is 4. The van der Waals surface area contributed by atoms with Crippen molar-refractivity contribution >= 4 is 23.5 Å². The van der Waals surface area contributed by atoms with Crippen LogP contribution in [0.4, 0.5) is 11.4 Å². The number of hydrogen-bond acceptors (Lipinski definition) is 6. The minimum atomic E-state index is 0.182. The Kier molecular flexibility index (Phi) is 7.26. The van der Waals surface area contributed by atoms with Gasteiger partial charge in [-0.3, -0.25) is 4.99 Å². The number of ether oxygens (including phenoxy) is 2. The van der Waals surface area contributed by atoms with Gasteiger partial charge in [0.15, 0.2) is 5.96 Å². The lowest BCUT2D eigenvalue weighted by Crippen LogP contribution is -2.36. The SMILES string of the molecule is C=C(/C=C\N=C(N)Nc1ccc(N2CCOCC2)c(OC)c1)NC1=CC2C=CC=CC2N=C1. The molecule has 8 nitrogen and oxygen atoms in total. The quantitative estimate of drug-likeness (QED) is 0.339. The van der Waals surface area contributed by atoms with Crippen LogP contribution in [-0.4, -0.2) is 51.6 Å². The summed E-state index contributed by atoms with van der Waals surface area (Å²) in [4.78, 5) is 11.1. The highest BCUT2D eigenvalue weighted by Gasteiger charge is 2.19. The number of morpholine rings is 1. The maximum atomic E-state index is 6.05. The highest BCUT2D eigenvalue weighted by atomic mass is 16.5. The topological polar surface area (TPSA) is 96.5 Å². The van der Waals surface area contributed by atoms with Crippen molar-refractivity contribution < 1.29 is 9.47 Å².